The van der Waals surface area contributed by atoms with Crippen molar-refractivity contribution in [1.82, 2.24) is 9.78 Å². The molecule has 1 N–H and O–H groups in total. The second kappa shape index (κ2) is 7.39. The average Bonchev–Trinajstić information content (AvgIpc) is 2.65. The van der Waals surface area contributed by atoms with Crippen LogP contribution < -0.4 is 10.9 Å². The number of nitro groups is 1. The van der Waals surface area contributed by atoms with Gasteiger partial charge in [-0.25, -0.2) is 4.68 Å². The van der Waals surface area contributed by atoms with Gasteiger partial charge in [0, 0.05) is 23.9 Å². The number of benzene rings is 2. The van der Waals surface area contributed by atoms with E-state index in [0.717, 1.165) is 5.56 Å². The molecule has 0 aliphatic carbocycles. The molecular weight excluding hydrogens is 336 g/mol. The van der Waals surface area contributed by atoms with E-state index >= 15 is 0 Å². The van der Waals surface area contributed by atoms with Crippen molar-refractivity contribution in [3.8, 4) is 0 Å². The molecule has 3 aromatic rings. The zero-order valence-corrected chi connectivity index (χ0v) is 13.5. The average molecular weight is 350 g/mol. The number of amides is 1. The van der Waals surface area contributed by atoms with Crippen LogP contribution in [0.4, 0.5) is 11.4 Å². The summed E-state index contributed by atoms with van der Waals surface area (Å²) < 4.78 is 1.21. The molecule has 0 radical (unpaired) electrons. The second-order valence-electron chi connectivity index (χ2n) is 5.46. The molecule has 8 nitrogen and oxygen atoms in total. The highest BCUT2D eigenvalue weighted by Crippen LogP contribution is 2.15. The number of nitrogens with zero attached hydrogens (tertiary/aromatic N) is 3. The Hall–Kier alpha value is -3.81. The molecule has 8 heteroatoms. The van der Waals surface area contributed by atoms with Gasteiger partial charge in [0.1, 0.15) is 5.69 Å². The molecule has 0 bridgehead atoms. The molecule has 0 aliphatic rings. The molecule has 130 valence electrons. The Bertz CT molecular complexity index is 998. The van der Waals surface area contributed by atoms with Crippen molar-refractivity contribution >= 4 is 17.3 Å². The third-order valence-corrected chi connectivity index (χ3v) is 3.61. The van der Waals surface area contributed by atoms with E-state index < -0.39 is 10.8 Å². The van der Waals surface area contributed by atoms with Gasteiger partial charge in [-0.3, -0.25) is 19.7 Å². The van der Waals surface area contributed by atoms with E-state index in [0.29, 0.717) is 5.69 Å². The maximum absolute atomic E-state index is 12.3. The largest absolute Gasteiger partial charge is 0.321 e. The normalized spacial score (nSPS) is 10.3. The molecular formula is C18H14N4O4. The number of rotatable bonds is 5. The summed E-state index contributed by atoms with van der Waals surface area (Å²) in [7, 11) is 0. The minimum Gasteiger partial charge on any atom is -0.321 e. The molecule has 0 unspecified atom stereocenters. The predicted molar refractivity (Wildman–Crippen MR) is 95.1 cm³/mol. The number of carbonyl (C=O) groups excluding carboxylic acids is 1. The lowest BCUT2D eigenvalue weighted by Crippen LogP contribution is -2.26. The van der Waals surface area contributed by atoms with Crippen molar-refractivity contribution in [1.29, 1.82) is 0 Å². The molecule has 1 aromatic heterocycles. The van der Waals surface area contributed by atoms with Gasteiger partial charge in [0.2, 0.25) is 0 Å². The van der Waals surface area contributed by atoms with Crippen molar-refractivity contribution in [2.24, 2.45) is 0 Å². The van der Waals surface area contributed by atoms with E-state index in [2.05, 4.69) is 10.4 Å². The lowest BCUT2D eigenvalue weighted by Gasteiger charge is -2.08. The Morgan fingerprint density at radius 1 is 1.04 bits per heavy atom. The Morgan fingerprint density at radius 2 is 1.73 bits per heavy atom. The van der Waals surface area contributed by atoms with Crippen LogP contribution in [0.3, 0.4) is 0 Å². The molecule has 1 amide bonds. The fourth-order valence-corrected chi connectivity index (χ4v) is 2.30. The van der Waals surface area contributed by atoms with Crippen molar-refractivity contribution in [2.75, 3.05) is 5.32 Å². The number of aromatic nitrogens is 2. The number of nitrogens with one attached hydrogen (secondary N) is 1. The molecule has 0 atom stereocenters. The Balaban J connectivity index is 1.78. The maximum atomic E-state index is 12.3. The Morgan fingerprint density at radius 3 is 2.38 bits per heavy atom. The van der Waals surface area contributed by atoms with Gasteiger partial charge in [-0.05, 0) is 23.8 Å². The SMILES string of the molecule is O=C(Nc1ccc([N+](=O)[O-])cc1)c1ccc(=O)n(Cc2ccccc2)n1. The van der Waals surface area contributed by atoms with Crippen LogP contribution in [0.5, 0.6) is 0 Å². The Kier molecular flexibility index (Phi) is 4.84. The standard InChI is InChI=1S/C18H14N4O4/c23-17-11-10-16(20-21(17)12-13-4-2-1-3-5-13)18(24)19-14-6-8-15(9-7-14)22(25)26/h1-11H,12H2,(H,19,24). The van der Waals surface area contributed by atoms with Crippen molar-refractivity contribution in [3.63, 3.8) is 0 Å². The summed E-state index contributed by atoms with van der Waals surface area (Å²) in [6, 6.07) is 17.3. The van der Waals surface area contributed by atoms with E-state index in [9.17, 15) is 19.7 Å². The maximum Gasteiger partial charge on any atom is 0.276 e. The monoisotopic (exact) mass is 350 g/mol. The molecule has 1 heterocycles. The van der Waals surface area contributed by atoms with Gasteiger partial charge >= 0.3 is 0 Å². The van der Waals surface area contributed by atoms with Gasteiger partial charge in [-0.1, -0.05) is 30.3 Å². The molecule has 0 saturated carbocycles. The molecule has 0 spiro atoms. The number of hydrogen-bond acceptors (Lipinski definition) is 5. The van der Waals surface area contributed by atoms with Crippen LogP contribution in [-0.2, 0) is 6.54 Å². The molecule has 26 heavy (non-hydrogen) atoms. The summed E-state index contributed by atoms with van der Waals surface area (Å²) in [6.07, 6.45) is 0. The lowest BCUT2D eigenvalue weighted by atomic mass is 10.2. The first-order valence-corrected chi connectivity index (χ1v) is 7.71. The Labute approximate surface area is 147 Å². The van der Waals surface area contributed by atoms with Crippen molar-refractivity contribution in [2.45, 2.75) is 6.54 Å². The number of carbonyl (C=O) groups is 1. The smallest absolute Gasteiger partial charge is 0.276 e. The highest BCUT2D eigenvalue weighted by atomic mass is 16.6. The fraction of sp³-hybridized carbons (Fsp3) is 0.0556. The highest BCUT2D eigenvalue weighted by molar-refractivity contribution is 6.02. The van der Waals surface area contributed by atoms with Gasteiger partial charge in [0.05, 0.1) is 11.5 Å². The number of anilines is 1. The van der Waals surface area contributed by atoms with Crippen LogP contribution in [-0.4, -0.2) is 20.6 Å². The number of nitro benzene ring substituents is 1. The molecule has 2 aromatic carbocycles. The number of hydrogen-bond donors (Lipinski definition) is 1. The van der Waals surface area contributed by atoms with E-state index in [4.69, 9.17) is 0 Å². The summed E-state index contributed by atoms with van der Waals surface area (Å²) in [5.41, 5.74) is 0.954. The highest BCUT2D eigenvalue weighted by Gasteiger charge is 2.11. The topological polar surface area (TPSA) is 107 Å². The summed E-state index contributed by atoms with van der Waals surface area (Å²) in [5, 5.41) is 17.3. The molecule has 0 fully saturated rings. The van der Waals surface area contributed by atoms with Crippen LogP contribution in [0.25, 0.3) is 0 Å². The predicted octanol–water partition coefficient (Wildman–Crippen LogP) is 2.45. The zero-order valence-electron chi connectivity index (χ0n) is 13.5. The summed E-state index contributed by atoms with van der Waals surface area (Å²) in [4.78, 5) is 34.4. The van der Waals surface area contributed by atoms with Gasteiger partial charge in [0.15, 0.2) is 0 Å². The van der Waals surface area contributed by atoms with E-state index in [1.54, 1.807) is 0 Å². The van der Waals surface area contributed by atoms with Crippen LogP contribution >= 0.6 is 0 Å². The summed E-state index contributed by atoms with van der Waals surface area (Å²) >= 11 is 0. The van der Waals surface area contributed by atoms with Gasteiger partial charge in [-0.2, -0.15) is 5.10 Å². The molecule has 3 rings (SSSR count). The van der Waals surface area contributed by atoms with Crippen LogP contribution in [0, 0.1) is 10.1 Å². The third-order valence-electron chi connectivity index (χ3n) is 3.61. The molecule has 0 aliphatic heterocycles. The third kappa shape index (κ3) is 3.99. The minimum atomic E-state index is -0.521. The van der Waals surface area contributed by atoms with Crippen molar-refractivity contribution in [3.05, 3.63) is 98.5 Å². The first-order valence-electron chi connectivity index (χ1n) is 7.71. The number of non-ortho nitro benzene ring substituents is 1. The molecule has 0 saturated heterocycles. The summed E-state index contributed by atoms with van der Waals surface area (Å²) in [5.74, 6) is -0.513. The van der Waals surface area contributed by atoms with Gasteiger partial charge < -0.3 is 5.32 Å². The zero-order chi connectivity index (χ0) is 18.5. The van der Waals surface area contributed by atoms with Crippen LogP contribution in [0.2, 0.25) is 0 Å². The minimum absolute atomic E-state index is 0.0684. The van der Waals surface area contributed by atoms with Gasteiger partial charge in [-0.15, -0.1) is 0 Å². The summed E-state index contributed by atoms with van der Waals surface area (Å²) in [6.45, 7) is 0.248. The second-order valence-corrected chi connectivity index (χ2v) is 5.46. The first-order chi connectivity index (χ1) is 12.5. The van der Waals surface area contributed by atoms with Gasteiger partial charge in [0.25, 0.3) is 17.2 Å². The van der Waals surface area contributed by atoms with Crippen LogP contribution in [0.15, 0.2) is 71.5 Å². The van der Waals surface area contributed by atoms with Crippen molar-refractivity contribution < 1.29 is 9.72 Å². The van der Waals surface area contributed by atoms with E-state index in [-0.39, 0.29) is 23.5 Å². The van der Waals surface area contributed by atoms with E-state index in [1.807, 2.05) is 30.3 Å². The quantitative estimate of drug-likeness (QED) is 0.562. The lowest BCUT2D eigenvalue weighted by molar-refractivity contribution is -0.384. The van der Waals surface area contributed by atoms with E-state index in [1.165, 1.54) is 41.1 Å². The fourth-order valence-electron chi connectivity index (χ4n) is 2.30. The van der Waals surface area contributed by atoms with Crippen LogP contribution in [0.1, 0.15) is 16.1 Å². The first kappa shape index (κ1) is 17.0.